The van der Waals surface area contributed by atoms with E-state index in [9.17, 15) is 0 Å². The minimum Gasteiger partial charge on any atom is -0.497 e. The summed E-state index contributed by atoms with van der Waals surface area (Å²) in [4.78, 5) is 10.6. The number of methoxy groups -OCH3 is 1. The lowest BCUT2D eigenvalue weighted by Gasteiger charge is -2.13. The van der Waals surface area contributed by atoms with E-state index in [-0.39, 0.29) is 0 Å². The average molecular weight is 389 g/mol. The maximum atomic E-state index is 5.22. The van der Waals surface area contributed by atoms with Crippen molar-refractivity contribution in [3.63, 3.8) is 0 Å². The van der Waals surface area contributed by atoms with Crippen molar-refractivity contribution in [3.8, 4) is 5.75 Å². The first-order valence-electron chi connectivity index (χ1n) is 9.62. The van der Waals surface area contributed by atoms with Crippen LogP contribution in [0.25, 0.3) is 0 Å². The smallest absolute Gasteiger partial charge is 0.191 e. The predicted octanol–water partition coefficient (Wildman–Crippen LogP) is 4.06. The second-order valence-electron chi connectivity index (χ2n) is 6.65. The standard InChI is InChI=1S/C21H32N4OS/c1-6-22-21(24-14-12-20-25-16(3)17(4)27-20)23-13-11-15(2)18-7-9-19(26-5)10-8-18/h7-10,15H,6,11-14H2,1-5H3,(H2,22,23,24). The highest BCUT2D eigenvalue weighted by molar-refractivity contribution is 7.11. The Kier molecular flexibility index (Phi) is 8.58. The molecule has 2 N–H and O–H groups in total. The van der Waals surface area contributed by atoms with Gasteiger partial charge in [-0.25, -0.2) is 4.98 Å². The molecule has 6 heteroatoms. The summed E-state index contributed by atoms with van der Waals surface area (Å²) in [6, 6.07) is 8.30. The third kappa shape index (κ3) is 6.86. The van der Waals surface area contributed by atoms with Gasteiger partial charge < -0.3 is 15.4 Å². The van der Waals surface area contributed by atoms with Crippen LogP contribution in [0.1, 0.15) is 47.3 Å². The SMILES string of the molecule is CCNC(=NCCC(C)c1ccc(OC)cc1)NCCc1nc(C)c(C)s1. The van der Waals surface area contributed by atoms with Gasteiger partial charge in [-0.3, -0.25) is 4.99 Å². The number of aromatic nitrogens is 1. The van der Waals surface area contributed by atoms with Crippen LogP contribution in [0.5, 0.6) is 5.75 Å². The molecule has 0 radical (unpaired) electrons. The van der Waals surface area contributed by atoms with Crippen molar-refractivity contribution in [2.45, 2.75) is 46.5 Å². The van der Waals surface area contributed by atoms with Gasteiger partial charge in [-0.15, -0.1) is 11.3 Å². The van der Waals surface area contributed by atoms with Crippen molar-refractivity contribution in [3.05, 3.63) is 45.4 Å². The largest absolute Gasteiger partial charge is 0.497 e. The molecule has 0 aliphatic heterocycles. The minimum atomic E-state index is 0.462. The number of nitrogens with zero attached hydrogens (tertiary/aromatic N) is 2. The zero-order valence-electron chi connectivity index (χ0n) is 17.1. The third-order valence-corrected chi connectivity index (χ3v) is 5.70. The molecule has 0 amide bonds. The van der Waals surface area contributed by atoms with Gasteiger partial charge in [0.25, 0.3) is 0 Å². The van der Waals surface area contributed by atoms with Crippen molar-refractivity contribution in [1.82, 2.24) is 15.6 Å². The normalized spacial score (nSPS) is 12.7. The summed E-state index contributed by atoms with van der Waals surface area (Å²) in [5, 5.41) is 7.92. The molecule has 0 saturated carbocycles. The van der Waals surface area contributed by atoms with Gasteiger partial charge in [-0.05, 0) is 50.8 Å². The highest BCUT2D eigenvalue weighted by atomic mass is 32.1. The van der Waals surface area contributed by atoms with Gasteiger partial charge in [0.2, 0.25) is 0 Å². The van der Waals surface area contributed by atoms with E-state index in [0.29, 0.717) is 5.92 Å². The zero-order valence-corrected chi connectivity index (χ0v) is 17.9. The quantitative estimate of drug-likeness (QED) is 0.502. The Labute approximate surface area is 167 Å². The fraction of sp³-hybridized carbons (Fsp3) is 0.524. The average Bonchev–Trinajstić information content (AvgIpc) is 2.99. The topological polar surface area (TPSA) is 58.5 Å². The van der Waals surface area contributed by atoms with E-state index in [2.05, 4.69) is 55.4 Å². The summed E-state index contributed by atoms with van der Waals surface area (Å²) >= 11 is 1.78. The number of hydrogen-bond acceptors (Lipinski definition) is 4. The van der Waals surface area contributed by atoms with Gasteiger partial charge >= 0.3 is 0 Å². The summed E-state index contributed by atoms with van der Waals surface area (Å²) in [5.74, 6) is 2.24. The van der Waals surface area contributed by atoms with Gasteiger partial charge in [-0.1, -0.05) is 19.1 Å². The van der Waals surface area contributed by atoms with Crippen molar-refractivity contribution in [1.29, 1.82) is 0 Å². The van der Waals surface area contributed by atoms with Crippen LogP contribution in [0.3, 0.4) is 0 Å². The molecule has 1 aromatic carbocycles. The molecule has 0 fully saturated rings. The minimum absolute atomic E-state index is 0.462. The highest BCUT2D eigenvalue weighted by Gasteiger charge is 2.07. The van der Waals surface area contributed by atoms with E-state index in [1.54, 1.807) is 18.4 Å². The molecule has 0 aliphatic carbocycles. The number of benzene rings is 1. The van der Waals surface area contributed by atoms with Crippen LogP contribution in [0.2, 0.25) is 0 Å². The van der Waals surface area contributed by atoms with Crippen LogP contribution in [0, 0.1) is 13.8 Å². The second-order valence-corrected chi connectivity index (χ2v) is 7.94. The van der Waals surface area contributed by atoms with E-state index in [0.717, 1.165) is 49.9 Å². The van der Waals surface area contributed by atoms with E-state index in [4.69, 9.17) is 9.73 Å². The van der Waals surface area contributed by atoms with Crippen molar-refractivity contribution in [2.24, 2.45) is 4.99 Å². The number of hydrogen-bond donors (Lipinski definition) is 2. The first kappa shape index (κ1) is 21.2. The number of rotatable bonds is 9. The van der Waals surface area contributed by atoms with Crippen LogP contribution in [-0.2, 0) is 6.42 Å². The first-order valence-corrected chi connectivity index (χ1v) is 10.4. The van der Waals surface area contributed by atoms with E-state index < -0.39 is 0 Å². The van der Waals surface area contributed by atoms with Crippen LogP contribution >= 0.6 is 11.3 Å². The molecule has 148 valence electrons. The molecule has 0 saturated heterocycles. The van der Waals surface area contributed by atoms with Crippen molar-refractivity contribution in [2.75, 3.05) is 26.7 Å². The van der Waals surface area contributed by atoms with Crippen molar-refractivity contribution < 1.29 is 4.74 Å². The van der Waals surface area contributed by atoms with Crippen LogP contribution in [0.4, 0.5) is 0 Å². The van der Waals surface area contributed by atoms with Gasteiger partial charge in [0.1, 0.15) is 5.75 Å². The molecule has 5 nitrogen and oxygen atoms in total. The van der Waals surface area contributed by atoms with Crippen LogP contribution in [0.15, 0.2) is 29.3 Å². The summed E-state index contributed by atoms with van der Waals surface area (Å²) < 4.78 is 5.22. The monoisotopic (exact) mass is 388 g/mol. The number of thiazole rings is 1. The van der Waals surface area contributed by atoms with Crippen LogP contribution in [-0.4, -0.2) is 37.7 Å². The second kappa shape index (κ2) is 10.9. The maximum absolute atomic E-state index is 5.22. The highest BCUT2D eigenvalue weighted by Crippen LogP contribution is 2.21. The zero-order chi connectivity index (χ0) is 19.6. The Balaban J connectivity index is 1.80. The molecule has 1 atom stereocenters. The molecule has 1 unspecified atom stereocenters. The van der Waals surface area contributed by atoms with Gasteiger partial charge in [0.05, 0.1) is 17.8 Å². The molecule has 0 spiro atoms. The predicted molar refractivity (Wildman–Crippen MR) is 115 cm³/mol. The summed E-state index contributed by atoms with van der Waals surface area (Å²) in [7, 11) is 1.69. The van der Waals surface area contributed by atoms with Gasteiger partial charge in [0.15, 0.2) is 5.96 Å². The lowest BCUT2D eigenvalue weighted by Crippen LogP contribution is -2.38. The molecule has 1 aromatic heterocycles. The van der Waals surface area contributed by atoms with E-state index in [1.807, 2.05) is 12.1 Å². The Bertz CT molecular complexity index is 705. The molecular weight excluding hydrogens is 356 g/mol. The summed E-state index contributed by atoms with van der Waals surface area (Å²) in [5.41, 5.74) is 2.46. The Morgan fingerprint density at radius 1 is 1.22 bits per heavy atom. The van der Waals surface area contributed by atoms with E-state index in [1.165, 1.54) is 15.4 Å². The lowest BCUT2D eigenvalue weighted by molar-refractivity contribution is 0.414. The molecular formula is C21H32N4OS. The van der Waals surface area contributed by atoms with E-state index >= 15 is 0 Å². The molecule has 0 bridgehead atoms. The first-order chi connectivity index (χ1) is 13.0. The fourth-order valence-corrected chi connectivity index (χ4v) is 3.68. The molecule has 2 aromatic rings. The van der Waals surface area contributed by atoms with Gasteiger partial charge in [-0.2, -0.15) is 0 Å². The summed E-state index contributed by atoms with van der Waals surface area (Å²) in [6.45, 7) is 11.0. The fourth-order valence-electron chi connectivity index (χ4n) is 2.74. The Morgan fingerprint density at radius 2 is 1.96 bits per heavy atom. The third-order valence-electron chi connectivity index (χ3n) is 4.57. The van der Waals surface area contributed by atoms with Crippen molar-refractivity contribution >= 4 is 17.3 Å². The lowest BCUT2D eigenvalue weighted by atomic mass is 9.98. The van der Waals surface area contributed by atoms with Gasteiger partial charge in [0, 0.05) is 30.9 Å². The number of guanidine groups is 1. The van der Waals surface area contributed by atoms with Crippen LogP contribution < -0.4 is 15.4 Å². The number of aliphatic imine (C=N–C) groups is 1. The number of ether oxygens (including phenoxy) is 1. The molecule has 1 heterocycles. The number of aryl methyl sites for hydroxylation is 2. The summed E-state index contributed by atoms with van der Waals surface area (Å²) in [6.07, 6.45) is 1.93. The number of nitrogens with one attached hydrogen (secondary N) is 2. The maximum Gasteiger partial charge on any atom is 0.191 e. The molecule has 0 aliphatic rings. The Hall–Kier alpha value is -2.08. The molecule has 2 rings (SSSR count). The molecule has 27 heavy (non-hydrogen) atoms. The Morgan fingerprint density at radius 3 is 2.56 bits per heavy atom.